The van der Waals surface area contributed by atoms with Crippen molar-refractivity contribution >= 4 is 39.9 Å². The van der Waals surface area contributed by atoms with Crippen molar-refractivity contribution in [3.05, 3.63) is 64.8 Å². The van der Waals surface area contributed by atoms with Gasteiger partial charge in [-0.1, -0.05) is 29.8 Å². The van der Waals surface area contributed by atoms with Crippen LogP contribution in [0.15, 0.2) is 48.7 Å². The number of ketones is 1. The van der Waals surface area contributed by atoms with Gasteiger partial charge in [-0.25, -0.2) is 0 Å². The Morgan fingerprint density at radius 1 is 1.12 bits per heavy atom. The average molecular weight is 381 g/mol. The van der Waals surface area contributed by atoms with Crippen LogP contribution in [-0.4, -0.2) is 16.3 Å². The minimum atomic E-state index is -4.67. The number of benzene rings is 2. The molecule has 8 heteroatoms. The number of hydrogen-bond donors (Lipinski definition) is 1. The van der Waals surface area contributed by atoms with E-state index >= 15 is 0 Å². The van der Waals surface area contributed by atoms with E-state index in [9.17, 15) is 22.8 Å². The molecule has 0 aliphatic rings. The molecule has 134 valence electrons. The fourth-order valence-electron chi connectivity index (χ4n) is 2.65. The molecule has 0 spiro atoms. The molecule has 0 aliphatic carbocycles. The molecule has 0 fully saturated rings. The lowest BCUT2D eigenvalue weighted by Gasteiger charge is -2.11. The molecule has 0 atom stereocenters. The quantitative estimate of drug-likeness (QED) is 0.530. The van der Waals surface area contributed by atoms with Gasteiger partial charge in [-0.15, -0.1) is 0 Å². The van der Waals surface area contributed by atoms with Crippen molar-refractivity contribution in [1.29, 1.82) is 0 Å². The van der Waals surface area contributed by atoms with Gasteiger partial charge in [0.05, 0.1) is 16.1 Å². The second-order valence-corrected chi connectivity index (χ2v) is 6.05. The summed E-state index contributed by atoms with van der Waals surface area (Å²) < 4.78 is 40.4. The van der Waals surface area contributed by atoms with Crippen molar-refractivity contribution < 1.29 is 22.8 Å². The summed E-state index contributed by atoms with van der Waals surface area (Å²) in [6, 6.07) is 9.92. The van der Waals surface area contributed by atoms with Crippen LogP contribution >= 0.6 is 11.6 Å². The van der Waals surface area contributed by atoms with Gasteiger partial charge >= 0.3 is 6.18 Å². The van der Waals surface area contributed by atoms with E-state index in [1.807, 2.05) is 0 Å². The molecule has 0 saturated carbocycles. The predicted molar refractivity (Wildman–Crippen MR) is 92.3 cm³/mol. The van der Waals surface area contributed by atoms with E-state index in [4.69, 9.17) is 11.6 Å². The number of Topliss-reactive ketones (excluding diaryl/α,β-unsaturated/α-hetero) is 1. The van der Waals surface area contributed by atoms with Crippen LogP contribution in [0.5, 0.6) is 0 Å². The molecule has 0 unspecified atom stereocenters. The van der Waals surface area contributed by atoms with Crippen molar-refractivity contribution in [3.8, 4) is 0 Å². The van der Waals surface area contributed by atoms with Gasteiger partial charge < -0.3 is 9.88 Å². The lowest BCUT2D eigenvalue weighted by atomic mass is 10.1. The molecule has 1 amide bonds. The van der Waals surface area contributed by atoms with E-state index in [-0.39, 0.29) is 11.3 Å². The van der Waals surface area contributed by atoms with Crippen molar-refractivity contribution in [2.24, 2.45) is 7.05 Å². The summed E-state index contributed by atoms with van der Waals surface area (Å²) in [4.78, 5) is 24.7. The number of anilines is 1. The number of aryl methyl sites for hydroxylation is 1. The van der Waals surface area contributed by atoms with Crippen molar-refractivity contribution in [2.75, 3.05) is 5.32 Å². The molecule has 4 nitrogen and oxygen atoms in total. The highest BCUT2D eigenvalue weighted by Crippen LogP contribution is 2.36. The third kappa shape index (κ3) is 3.30. The van der Waals surface area contributed by atoms with Gasteiger partial charge in [-0.3, -0.25) is 9.59 Å². The first-order chi connectivity index (χ1) is 12.2. The number of para-hydroxylation sites is 1. The zero-order valence-electron chi connectivity index (χ0n) is 13.4. The van der Waals surface area contributed by atoms with Gasteiger partial charge in [0.1, 0.15) is 0 Å². The Labute approximate surface area is 151 Å². The van der Waals surface area contributed by atoms with E-state index in [0.717, 1.165) is 11.6 Å². The predicted octanol–water partition coefficient (Wildman–Crippen LogP) is 4.67. The first-order valence-corrected chi connectivity index (χ1v) is 7.83. The number of halogens is 4. The largest absolute Gasteiger partial charge is 0.417 e. The summed E-state index contributed by atoms with van der Waals surface area (Å²) in [6.07, 6.45) is -3.16. The topological polar surface area (TPSA) is 51.1 Å². The Morgan fingerprint density at radius 3 is 2.50 bits per heavy atom. The maximum Gasteiger partial charge on any atom is 0.417 e. The van der Waals surface area contributed by atoms with E-state index in [1.54, 1.807) is 35.9 Å². The number of nitrogens with one attached hydrogen (secondary N) is 1. The normalized spacial score (nSPS) is 11.6. The number of hydrogen-bond acceptors (Lipinski definition) is 2. The van der Waals surface area contributed by atoms with Crippen LogP contribution in [-0.2, 0) is 18.0 Å². The van der Waals surface area contributed by atoms with Gasteiger partial charge in [0.2, 0.25) is 0 Å². The van der Waals surface area contributed by atoms with Crippen molar-refractivity contribution in [1.82, 2.24) is 4.57 Å². The van der Waals surface area contributed by atoms with Gasteiger partial charge in [0.15, 0.2) is 0 Å². The smallest absolute Gasteiger partial charge is 0.350 e. The van der Waals surface area contributed by atoms with Gasteiger partial charge in [-0.2, -0.15) is 13.2 Å². The Morgan fingerprint density at radius 2 is 1.81 bits per heavy atom. The number of alkyl halides is 3. The number of amides is 1. The van der Waals surface area contributed by atoms with Crippen LogP contribution < -0.4 is 5.32 Å². The Bertz CT molecular complexity index is 1020. The molecule has 3 aromatic rings. The number of fused-ring (bicyclic) bond motifs is 1. The third-order valence-electron chi connectivity index (χ3n) is 3.88. The van der Waals surface area contributed by atoms with Crippen LogP contribution in [0.4, 0.5) is 18.9 Å². The highest BCUT2D eigenvalue weighted by molar-refractivity contribution is 6.48. The van der Waals surface area contributed by atoms with E-state index in [0.29, 0.717) is 11.5 Å². The fraction of sp³-hybridized carbons (Fsp3) is 0.111. The Hall–Kier alpha value is -2.80. The molecule has 1 heterocycles. The SMILES string of the molecule is Cn1cc(C(=O)C(=O)Nc2ccc(Cl)c(C(F)(F)F)c2)c2ccccc21. The molecule has 1 aromatic heterocycles. The molecule has 0 bridgehead atoms. The molecular weight excluding hydrogens is 369 g/mol. The van der Waals surface area contributed by atoms with Crippen LogP contribution in [0.25, 0.3) is 10.9 Å². The molecule has 0 aliphatic heterocycles. The highest BCUT2D eigenvalue weighted by Gasteiger charge is 2.33. The van der Waals surface area contributed by atoms with E-state index < -0.39 is 28.5 Å². The zero-order valence-corrected chi connectivity index (χ0v) is 14.2. The molecule has 26 heavy (non-hydrogen) atoms. The lowest BCUT2D eigenvalue weighted by Crippen LogP contribution is -2.23. The van der Waals surface area contributed by atoms with Gasteiger partial charge in [0.25, 0.3) is 11.7 Å². The molecule has 0 radical (unpaired) electrons. The average Bonchev–Trinajstić information content (AvgIpc) is 2.92. The van der Waals surface area contributed by atoms with Gasteiger partial charge in [0, 0.05) is 29.8 Å². The summed E-state index contributed by atoms with van der Waals surface area (Å²) in [5.74, 6) is -1.87. The summed E-state index contributed by atoms with van der Waals surface area (Å²) in [7, 11) is 1.73. The molecule has 3 rings (SSSR count). The van der Waals surface area contributed by atoms with E-state index in [2.05, 4.69) is 5.32 Å². The van der Waals surface area contributed by atoms with Crippen LogP contribution in [0.1, 0.15) is 15.9 Å². The maximum absolute atomic E-state index is 12.9. The van der Waals surface area contributed by atoms with Crippen LogP contribution in [0.2, 0.25) is 5.02 Å². The summed E-state index contributed by atoms with van der Waals surface area (Å²) in [5, 5.41) is 2.29. The van der Waals surface area contributed by atoms with Crippen molar-refractivity contribution in [3.63, 3.8) is 0 Å². The molecule has 1 N–H and O–H groups in total. The van der Waals surface area contributed by atoms with Gasteiger partial charge in [-0.05, 0) is 24.3 Å². The number of carbonyl (C=O) groups excluding carboxylic acids is 2. The molecule has 2 aromatic carbocycles. The minimum absolute atomic E-state index is 0.166. The first-order valence-electron chi connectivity index (χ1n) is 7.45. The minimum Gasteiger partial charge on any atom is -0.350 e. The lowest BCUT2D eigenvalue weighted by molar-refractivity contribution is -0.137. The number of nitrogens with zero attached hydrogens (tertiary/aromatic N) is 1. The second kappa shape index (κ2) is 6.49. The Balaban J connectivity index is 1.89. The molecule has 0 saturated heterocycles. The standard InChI is InChI=1S/C18H12ClF3N2O2/c1-24-9-12(11-4-2-3-5-15(11)24)16(25)17(26)23-10-6-7-14(19)13(8-10)18(20,21)22/h2-9H,1H3,(H,23,26). The zero-order chi connectivity index (χ0) is 19.1. The number of carbonyl (C=O) groups is 2. The summed E-state index contributed by atoms with van der Waals surface area (Å²) >= 11 is 5.54. The highest BCUT2D eigenvalue weighted by atomic mass is 35.5. The van der Waals surface area contributed by atoms with Crippen molar-refractivity contribution in [2.45, 2.75) is 6.18 Å². The number of aromatic nitrogens is 1. The molecular formula is C18H12ClF3N2O2. The van der Waals surface area contributed by atoms with Crippen LogP contribution in [0.3, 0.4) is 0 Å². The second-order valence-electron chi connectivity index (χ2n) is 5.65. The van der Waals surface area contributed by atoms with Crippen LogP contribution in [0, 0.1) is 0 Å². The Kier molecular flexibility index (Phi) is 4.50. The summed E-state index contributed by atoms with van der Waals surface area (Å²) in [6.45, 7) is 0. The number of rotatable bonds is 3. The van der Waals surface area contributed by atoms with E-state index in [1.165, 1.54) is 12.3 Å². The summed E-state index contributed by atoms with van der Waals surface area (Å²) in [5.41, 5.74) is -0.324. The first kappa shape index (κ1) is 18.0. The monoisotopic (exact) mass is 380 g/mol. The third-order valence-corrected chi connectivity index (χ3v) is 4.21. The fourth-order valence-corrected chi connectivity index (χ4v) is 2.88. The maximum atomic E-state index is 12.9.